The van der Waals surface area contributed by atoms with Crippen LogP contribution in [0.3, 0.4) is 0 Å². The molecule has 0 saturated heterocycles. The molecule has 0 bridgehead atoms. The van der Waals surface area contributed by atoms with E-state index < -0.39 is 7.60 Å². The van der Waals surface area contributed by atoms with E-state index in [1.54, 1.807) is 13.8 Å². The molecule has 5 heteroatoms. The Balaban J connectivity index is 4.38. The largest absolute Gasteiger partial charge is 0.391 e. The van der Waals surface area contributed by atoms with Crippen LogP contribution in [-0.2, 0) is 13.6 Å². The zero-order valence-corrected chi connectivity index (χ0v) is 8.34. The van der Waals surface area contributed by atoms with Crippen LogP contribution in [0, 0.1) is 0 Å². The normalized spacial score (nSPS) is 11.6. The van der Waals surface area contributed by atoms with Crippen LogP contribution in [0.15, 0.2) is 11.9 Å². The van der Waals surface area contributed by atoms with Gasteiger partial charge in [0, 0.05) is 0 Å². The number of hydrogen-bond acceptors (Lipinski definition) is 4. The standard InChI is InChI=1S/C7H15O4P/c1-4-10-12(9,11-5-2)7(3)6-8/h8H,3-6H2,1-2H3. The summed E-state index contributed by atoms with van der Waals surface area (Å²) >= 11 is 0. The molecule has 0 rings (SSSR count). The van der Waals surface area contributed by atoms with E-state index >= 15 is 0 Å². The van der Waals surface area contributed by atoms with E-state index in [4.69, 9.17) is 14.2 Å². The lowest BCUT2D eigenvalue weighted by Crippen LogP contribution is -2.00. The summed E-state index contributed by atoms with van der Waals surface area (Å²) in [6, 6.07) is 0. The summed E-state index contributed by atoms with van der Waals surface area (Å²) in [5.74, 6) is 0. The van der Waals surface area contributed by atoms with Gasteiger partial charge in [-0.15, -0.1) is 0 Å². The minimum absolute atomic E-state index is 0.103. The monoisotopic (exact) mass is 194 g/mol. The average molecular weight is 194 g/mol. The molecule has 0 aliphatic carbocycles. The molecule has 0 fully saturated rings. The molecular formula is C7H15O4P. The fraction of sp³-hybridized carbons (Fsp3) is 0.714. The van der Waals surface area contributed by atoms with Crippen LogP contribution in [0.2, 0.25) is 0 Å². The van der Waals surface area contributed by atoms with Gasteiger partial charge in [0.1, 0.15) is 0 Å². The van der Waals surface area contributed by atoms with Crippen LogP contribution in [0.5, 0.6) is 0 Å². The molecule has 0 unspecified atom stereocenters. The molecule has 0 radical (unpaired) electrons. The van der Waals surface area contributed by atoms with Gasteiger partial charge in [0.25, 0.3) is 0 Å². The van der Waals surface area contributed by atoms with E-state index in [1.807, 2.05) is 0 Å². The SMILES string of the molecule is C=C(CO)P(=O)(OCC)OCC. The van der Waals surface area contributed by atoms with Gasteiger partial charge in [-0.1, -0.05) is 6.58 Å². The summed E-state index contributed by atoms with van der Waals surface area (Å²) < 4.78 is 21.4. The third-order valence-electron chi connectivity index (χ3n) is 1.17. The van der Waals surface area contributed by atoms with E-state index in [1.165, 1.54) is 0 Å². The van der Waals surface area contributed by atoms with Crippen LogP contribution in [0.25, 0.3) is 0 Å². The molecule has 0 aromatic rings. The highest BCUT2D eigenvalue weighted by Crippen LogP contribution is 2.54. The third-order valence-corrected chi connectivity index (χ3v) is 3.28. The molecule has 0 aliphatic heterocycles. The van der Waals surface area contributed by atoms with Crippen LogP contribution < -0.4 is 0 Å². The molecule has 0 aromatic carbocycles. The Bertz CT molecular complexity index is 180. The second-order valence-electron chi connectivity index (χ2n) is 2.06. The number of rotatable bonds is 6. The van der Waals surface area contributed by atoms with Crippen molar-refractivity contribution in [1.29, 1.82) is 0 Å². The molecular weight excluding hydrogens is 179 g/mol. The highest BCUT2D eigenvalue weighted by Gasteiger charge is 2.26. The number of hydrogen-bond donors (Lipinski definition) is 1. The first-order valence-corrected chi connectivity index (χ1v) is 5.33. The van der Waals surface area contributed by atoms with Gasteiger partial charge in [0.2, 0.25) is 0 Å². The Kier molecular flexibility index (Phi) is 5.42. The Morgan fingerprint density at radius 3 is 2.08 bits per heavy atom. The summed E-state index contributed by atoms with van der Waals surface area (Å²) in [5, 5.41) is 8.79. The summed E-state index contributed by atoms with van der Waals surface area (Å²) in [4.78, 5) is 0. The number of aliphatic hydroxyl groups excluding tert-OH is 1. The molecule has 72 valence electrons. The molecule has 12 heavy (non-hydrogen) atoms. The van der Waals surface area contributed by atoms with E-state index in [-0.39, 0.29) is 25.1 Å². The predicted molar refractivity (Wildman–Crippen MR) is 47.1 cm³/mol. The Morgan fingerprint density at radius 2 is 1.83 bits per heavy atom. The first-order valence-electron chi connectivity index (χ1n) is 3.79. The van der Waals surface area contributed by atoms with Crippen molar-refractivity contribution in [2.75, 3.05) is 19.8 Å². The minimum atomic E-state index is -3.25. The molecule has 0 atom stereocenters. The van der Waals surface area contributed by atoms with Gasteiger partial charge in [-0.3, -0.25) is 4.57 Å². The summed E-state index contributed by atoms with van der Waals surface area (Å²) in [7, 11) is -3.25. The lowest BCUT2D eigenvalue weighted by molar-refractivity contribution is 0.220. The molecule has 0 amide bonds. The van der Waals surface area contributed by atoms with Crippen LogP contribution in [-0.4, -0.2) is 24.9 Å². The van der Waals surface area contributed by atoms with Crippen molar-refractivity contribution in [3.05, 3.63) is 11.9 Å². The summed E-state index contributed by atoms with van der Waals surface area (Å²) in [6.07, 6.45) is 0. The Morgan fingerprint density at radius 1 is 1.42 bits per heavy atom. The fourth-order valence-electron chi connectivity index (χ4n) is 0.646. The summed E-state index contributed by atoms with van der Waals surface area (Å²) in [5.41, 5.74) is 0. The van der Waals surface area contributed by atoms with E-state index in [0.29, 0.717) is 0 Å². The van der Waals surface area contributed by atoms with Gasteiger partial charge in [-0.25, -0.2) is 0 Å². The summed E-state index contributed by atoms with van der Waals surface area (Å²) in [6.45, 7) is 7.00. The topological polar surface area (TPSA) is 55.8 Å². The number of aliphatic hydroxyl groups is 1. The van der Waals surface area contributed by atoms with Gasteiger partial charge in [-0.2, -0.15) is 0 Å². The average Bonchev–Trinajstić information content (AvgIpc) is 2.04. The molecule has 0 aromatic heterocycles. The Labute approximate surface area is 72.7 Å². The first-order chi connectivity index (χ1) is 5.60. The zero-order chi connectivity index (χ0) is 9.61. The molecule has 0 heterocycles. The first kappa shape index (κ1) is 11.8. The van der Waals surface area contributed by atoms with Crippen molar-refractivity contribution >= 4 is 7.60 Å². The van der Waals surface area contributed by atoms with Crippen molar-refractivity contribution in [1.82, 2.24) is 0 Å². The van der Waals surface area contributed by atoms with Gasteiger partial charge in [0.15, 0.2) is 0 Å². The highest BCUT2D eigenvalue weighted by molar-refractivity contribution is 7.58. The molecule has 0 spiro atoms. The predicted octanol–water partition coefficient (Wildman–Crippen LogP) is 1.76. The lowest BCUT2D eigenvalue weighted by Gasteiger charge is -2.17. The maximum absolute atomic E-state index is 11.6. The quantitative estimate of drug-likeness (QED) is 0.654. The second-order valence-corrected chi connectivity index (χ2v) is 4.20. The Hall–Kier alpha value is -0.150. The van der Waals surface area contributed by atoms with E-state index in [9.17, 15) is 4.57 Å². The van der Waals surface area contributed by atoms with Gasteiger partial charge in [-0.05, 0) is 13.8 Å². The lowest BCUT2D eigenvalue weighted by atomic mass is 10.7. The minimum Gasteiger partial charge on any atom is -0.391 e. The maximum Gasteiger partial charge on any atom is 0.359 e. The van der Waals surface area contributed by atoms with Gasteiger partial charge >= 0.3 is 7.60 Å². The second kappa shape index (κ2) is 5.49. The zero-order valence-electron chi connectivity index (χ0n) is 7.45. The van der Waals surface area contributed by atoms with Crippen molar-refractivity contribution in [3.8, 4) is 0 Å². The maximum atomic E-state index is 11.6. The van der Waals surface area contributed by atoms with Crippen LogP contribution in [0.1, 0.15) is 13.8 Å². The van der Waals surface area contributed by atoms with Crippen molar-refractivity contribution < 1.29 is 18.7 Å². The van der Waals surface area contributed by atoms with E-state index in [2.05, 4.69) is 6.58 Å². The fourth-order valence-corrected chi connectivity index (χ4v) is 1.94. The molecule has 4 nitrogen and oxygen atoms in total. The smallest absolute Gasteiger partial charge is 0.359 e. The van der Waals surface area contributed by atoms with Crippen molar-refractivity contribution in [2.24, 2.45) is 0 Å². The van der Waals surface area contributed by atoms with Crippen LogP contribution in [0.4, 0.5) is 0 Å². The van der Waals surface area contributed by atoms with Gasteiger partial charge < -0.3 is 14.2 Å². The third kappa shape index (κ3) is 3.07. The van der Waals surface area contributed by atoms with Crippen molar-refractivity contribution in [3.63, 3.8) is 0 Å². The van der Waals surface area contributed by atoms with Crippen molar-refractivity contribution in [2.45, 2.75) is 13.8 Å². The molecule has 0 saturated carbocycles. The molecule has 0 aliphatic rings. The van der Waals surface area contributed by atoms with Gasteiger partial charge in [0.05, 0.1) is 25.1 Å². The van der Waals surface area contributed by atoms with Crippen LogP contribution >= 0.6 is 7.60 Å². The highest BCUT2D eigenvalue weighted by atomic mass is 31.2. The van der Waals surface area contributed by atoms with E-state index in [0.717, 1.165) is 0 Å². The molecule has 1 N–H and O–H groups in total.